The normalized spacial score (nSPS) is 28.6. The largest absolute Gasteiger partial charge is 0.475 e. The molecule has 3 aliphatic rings. The van der Waals surface area contributed by atoms with Crippen LogP contribution in [0.15, 0.2) is 18.3 Å². The highest BCUT2D eigenvalue weighted by molar-refractivity contribution is 5.86. The van der Waals surface area contributed by atoms with Crippen molar-refractivity contribution in [1.82, 2.24) is 20.1 Å². The highest BCUT2D eigenvalue weighted by Crippen LogP contribution is 2.33. The Morgan fingerprint density at radius 3 is 2.88 bits per heavy atom. The minimum absolute atomic E-state index is 0.168. The molecule has 142 valence electrons. The monoisotopic (exact) mass is 358 g/mol. The van der Waals surface area contributed by atoms with Crippen LogP contribution in [0.25, 0.3) is 0 Å². The van der Waals surface area contributed by atoms with Crippen molar-refractivity contribution in [3.63, 3.8) is 0 Å². The standard InChI is InChI=1S/C20H30N4O2/c1-15-18(6-3-9-22-15)26-20(7-10-21-11-8-20)19(25)24-14-13-23-12-4-5-17(23)16(24)2/h3,6,9,16-17,21H,4-5,7-8,10-14H2,1-2H3/t16-,17+/m0/s1. The van der Waals surface area contributed by atoms with E-state index in [9.17, 15) is 4.79 Å². The van der Waals surface area contributed by atoms with Crippen LogP contribution in [0.5, 0.6) is 5.75 Å². The molecule has 6 heteroatoms. The van der Waals surface area contributed by atoms with E-state index in [1.807, 2.05) is 19.1 Å². The van der Waals surface area contributed by atoms with Gasteiger partial charge in [0.2, 0.25) is 0 Å². The average Bonchev–Trinajstić information content (AvgIpc) is 3.14. The summed E-state index contributed by atoms with van der Waals surface area (Å²) in [6.45, 7) is 8.74. The molecule has 0 saturated carbocycles. The fraction of sp³-hybridized carbons (Fsp3) is 0.700. The minimum Gasteiger partial charge on any atom is -0.475 e. The molecule has 0 aliphatic carbocycles. The Morgan fingerprint density at radius 1 is 1.31 bits per heavy atom. The quantitative estimate of drug-likeness (QED) is 0.889. The number of nitrogens with one attached hydrogen (secondary N) is 1. The summed E-state index contributed by atoms with van der Waals surface area (Å²) in [5, 5.41) is 3.37. The van der Waals surface area contributed by atoms with Gasteiger partial charge in [-0.15, -0.1) is 0 Å². The Bertz CT molecular complexity index is 659. The fourth-order valence-electron chi connectivity index (χ4n) is 4.85. The number of pyridine rings is 1. The molecule has 26 heavy (non-hydrogen) atoms. The van der Waals surface area contributed by atoms with Crippen molar-refractivity contribution in [3.8, 4) is 5.75 Å². The zero-order valence-corrected chi connectivity index (χ0v) is 15.9. The van der Waals surface area contributed by atoms with Crippen LogP contribution in [-0.2, 0) is 4.79 Å². The number of aryl methyl sites for hydroxylation is 1. The third kappa shape index (κ3) is 3.09. The smallest absolute Gasteiger partial charge is 0.267 e. The van der Waals surface area contributed by atoms with E-state index in [0.717, 1.165) is 37.6 Å². The number of fused-ring (bicyclic) bond motifs is 1. The summed E-state index contributed by atoms with van der Waals surface area (Å²) in [4.78, 5) is 22.7. The van der Waals surface area contributed by atoms with Crippen LogP contribution in [-0.4, -0.2) is 71.1 Å². The number of carbonyl (C=O) groups is 1. The van der Waals surface area contributed by atoms with Crippen LogP contribution in [0.1, 0.15) is 38.3 Å². The molecule has 3 fully saturated rings. The molecule has 1 aromatic heterocycles. The Balaban J connectivity index is 1.59. The van der Waals surface area contributed by atoms with Crippen molar-refractivity contribution < 1.29 is 9.53 Å². The number of hydrogen-bond acceptors (Lipinski definition) is 5. The van der Waals surface area contributed by atoms with Crippen LogP contribution in [0, 0.1) is 6.92 Å². The van der Waals surface area contributed by atoms with Gasteiger partial charge in [-0.05, 0) is 58.5 Å². The van der Waals surface area contributed by atoms with Gasteiger partial charge in [0.25, 0.3) is 5.91 Å². The van der Waals surface area contributed by atoms with Crippen molar-refractivity contribution in [2.75, 3.05) is 32.7 Å². The van der Waals surface area contributed by atoms with Crippen molar-refractivity contribution in [1.29, 1.82) is 0 Å². The molecule has 1 aromatic rings. The molecule has 2 atom stereocenters. The number of aromatic nitrogens is 1. The first-order valence-electron chi connectivity index (χ1n) is 9.97. The van der Waals surface area contributed by atoms with Gasteiger partial charge in [0.1, 0.15) is 5.75 Å². The van der Waals surface area contributed by atoms with E-state index in [1.165, 1.54) is 19.4 Å². The summed E-state index contributed by atoms with van der Waals surface area (Å²) < 4.78 is 6.44. The fourth-order valence-corrected chi connectivity index (χ4v) is 4.85. The summed E-state index contributed by atoms with van der Waals surface area (Å²) in [6.07, 6.45) is 5.62. The molecular weight excluding hydrogens is 328 g/mol. The van der Waals surface area contributed by atoms with Gasteiger partial charge >= 0.3 is 0 Å². The third-order valence-corrected chi connectivity index (χ3v) is 6.42. The van der Waals surface area contributed by atoms with E-state index in [0.29, 0.717) is 18.9 Å². The minimum atomic E-state index is -0.770. The van der Waals surface area contributed by atoms with Crippen molar-refractivity contribution in [2.45, 2.75) is 57.2 Å². The number of nitrogens with zero attached hydrogens (tertiary/aromatic N) is 3. The van der Waals surface area contributed by atoms with Crippen LogP contribution in [0.3, 0.4) is 0 Å². The van der Waals surface area contributed by atoms with E-state index in [2.05, 4.69) is 27.0 Å². The molecule has 0 aromatic carbocycles. The summed E-state index contributed by atoms with van der Waals surface area (Å²) >= 11 is 0. The Labute approximate surface area is 155 Å². The number of rotatable bonds is 3. The maximum atomic E-state index is 13.7. The van der Waals surface area contributed by atoms with Crippen LogP contribution in [0.2, 0.25) is 0 Å². The number of hydrogen-bond donors (Lipinski definition) is 1. The molecule has 3 aliphatic heterocycles. The second-order valence-corrected chi connectivity index (χ2v) is 7.92. The molecule has 0 unspecified atom stereocenters. The number of piperazine rings is 1. The Morgan fingerprint density at radius 2 is 2.12 bits per heavy atom. The number of carbonyl (C=O) groups excluding carboxylic acids is 1. The molecule has 1 amide bonds. The molecule has 4 rings (SSSR count). The lowest BCUT2D eigenvalue weighted by Gasteiger charge is -2.47. The second-order valence-electron chi connectivity index (χ2n) is 7.92. The van der Waals surface area contributed by atoms with Crippen LogP contribution >= 0.6 is 0 Å². The van der Waals surface area contributed by atoms with Gasteiger partial charge in [0.15, 0.2) is 5.60 Å². The van der Waals surface area contributed by atoms with Gasteiger partial charge < -0.3 is 15.0 Å². The molecule has 3 saturated heterocycles. The first-order valence-corrected chi connectivity index (χ1v) is 9.97. The van der Waals surface area contributed by atoms with Crippen molar-refractivity contribution >= 4 is 5.91 Å². The van der Waals surface area contributed by atoms with E-state index >= 15 is 0 Å². The number of ether oxygens (including phenoxy) is 1. The molecule has 1 N–H and O–H groups in total. The van der Waals surface area contributed by atoms with Crippen LogP contribution < -0.4 is 10.1 Å². The molecule has 4 heterocycles. The maximum Gasteiger partial charge on any atom is 0.267 e. The lowest BCUT2D eigenvalue weighted by molar-refractivity contribution is -0.157. The van der Waals surface area contributed by atoms with Gasteiger partial charge in [-0.25, -0.2) is 0 Å². The zero-order chi connectivity index (χ0) is 18.1. The Hall–Kier alpha value is -1.66. The molecule has 0 bridgehead atoms. The zero-order valence-electron chi connectivity index (χ0n) is 15.9. The van der Waals surface area contributed by atoms with Gasteiger partial charge in [-0.1, -0.05) is 0 Å². The van der Waals surface area contributed by atoms with Gasteiger partial charge in [-0.2, -0.15) is 0 Å². The average molecular weight is 358 g/mol. The third-order valence-electron chi connectivity index (χ3n) is 6.42. The highest BCUT2D eigenvalue weighted by Gasteiger charge is 2.48. The maximum absolute atomic E-state index is 13.7. The van der Waals surface area contributed by atoms with Gasteiger partial charge in [0.05, 0.1) is 5.69 Å². The molecule has 6 nitrogen and oxygen atoms in total. The lowest BCUT2D eigenvalue weighted by Crippen LogP contribution is -2.65. The number of piperidine rings is 1. The highest BCUT2D eigenvalue weighted by atomic mass is 16.5. The lowest BCUT2D eigenvalue weighted by atomic mass is 9.88. The topological polar surface area (TPSA) is 57.7 Å². The molecular formula is C20H30N4O2. The van der Waals surface area contributed by atoms with Crippen molar-refractivity contribution in [2.24, 2.45) is 0 Å². The summed E-state index contributed by atoms with van der Waals surface area (Å²) in [6, 6.07) is 4.56. The summed E-state index contributed by atoms with van der Waals surface area (Å²) in [5.74, 6) is 0.899. The number of amides is 1. The SMILES string of the molecule is Cc1ncccc1OC1(C(=O)N2CCN3CCC[C@@H]3[C@@H]2C)CCNCC1. The first-order chi connectivity index (χ1) is 12.6. The predicted octanol–water partition coefficient (Wildman–Crippen LogP) is 1.59. The van der Waals surface area contributed by atoms with E-state index < -0.39 is 5.60 Å². The molecule has 0 radical (unpaired) electrons. The van der Waals surface area contributed by atoms with E-state index in [-0.39, 0.29) is 11.9 Å². The van der Waals surface area contributed by atoms with E-state index in [4.69, 9.17) is 4.74 Å². The summed E-state index contributed by atoms with van der Waals surface area (Å²) in [7, 11) is 0. The molecule has 0 spiro atoms. The first kappa shape index (κ1) is 17.7. The predicted molar refractivity (Wildman–Crippen MR) is 100 cm³/mol. The van der Waals surface area contributed by atoms with Crippen molar-refractivity contribution in [3.05, 3.63) is 24.0 Å². The van der Waals surface area contributed by atoms with Crippen LogP contribution in [0.4, 0.5) is 0 Å². The summed E-state index contributed by atoms with van der Waals surface area (Å²) in [5.41, 5.74) is 0.0699. The van der Waals surface area contributed by atoms with E-state index in [1.54, 1.807) is 6.20 Å². The second kappa shape index (κ2) is 7.16. The Kier molecular flexibility index (Phi) is 4.88. The van der Waals surface area contributed by atoms with Gasteiger partial charge in [-0.3, -0.25) is 14.7 Å². The van der Waals surface area contributed by atoms with Gasteiger partial charge in [0, 0.05) is 44.2 Å².